The zero-order chi connectivity index (χ0) is 27.9. The van der Waals surface area contributed by atoms with Gasteiger partial charge in [-0.1, -0.05) is 86.3 Å². The number of aryl methyl sites for hydroxylation is 2. The second-order valence-corrected chi connectivity index (χ2v) is 10.9. The van der Waals surface area contributed by atoms with Gasteiger partial charge >= 0.3 is 11.9 Å². The number of thioether (sulfide) groups is 1. The summed E-state index contributed by atoms with van der Waals surface area (Å²) in [5.74, 6) is -0.241. The average molecular weight is 549 g/mol. The van der Waals surface area contributed by atoms with E-state index in [0.717, 1.165) is 30.4 Å². The average Bonchev–Trinajstić information content (AvgIpc) is 2.97. The van der Waals surface area contributed by atoms with Crippen LogP contribution in [0.2, 0.25) is 0 Å². The zero-order valence-corrected chi connectivity index (χ0v) is 23.9. The lowest BCUT2D eigenvalue weighted by atomic mass is 9.97. The van der Waals surface area contributed by atoms with E-state index in [1.165, 1.54) is 62.1 Å². The third-order valence-electron chi connectivity index (χ3n) is 6.95. The number of esters is 1. The lowest BCUT2D eigenvalue weighted by Crippen LogP contribution is -2.20. The van der Waals surface area contributed by atoms with Crippen LogP contribution in [0.5, 0.6) is 5.75 Å². The van der Waals surface area contributed by atoms with Crippen LogP contribution in [-0.4, -0.2) is 36.5 Å². The fourth-order valence-electron chi connectivity index (χ4n) is 4.71. The third-order valence-corrected chi connectivity index (χ3v) is 8.20. The molecule has 1 atom stereocenters. The molecular weight excluding hydrogens is 508 g/mol. The number of rotatable bonds is 17. The molecule has 0 aromatic heterocycles. The first-order chi connectivity index (χ1) is 19.0. The predicted molar refractivity (Wildman–Crippen MR) is 159 cm³/mol. The van der Waals surface area contributed by atoms with E-state index in [4.69, 9.17) is 9.47 Å². The highest BCUT2D eigenvalue weighted by atomic mass is 32.2. The molecule has 0 aliphatic carbocycles. The van der Waals surface area contributed by atoms with E-state index in [-0.39, 0.29) is 0 Å². The monoisotopic (exact) mass is 548 g/mol. The summed E-state index contributed by atoms with van der Waals surface area (Å²) in [5.41, 5.74) is 5.02. The second-order valence-electron chi connectivity index (χ2n) is 9.74. The molecule has 0 radical (unpaired) electrons. The number of methoxy groups -OCH3 is 2. The highest BCUT2D eigenvalue weighted by Crippen LogP contribution is 2.29. The molecule has 0 amide bonds. The standard InChI is InChI=1S/C33H40O5S/c1-37-30-22-28(33(36)38-2)20-21-29(30)24-39-31(32(34)35)23-27-19-13-12-18-26(27)17-11-6-4-3-5-8-14-25-15-9-7-10-16-25/h7,9-10,12-13,15-16,18-22,31H,3-6,8,11,14,17,23-24H2,1-2H3,(H,34,35). The summed E-state index contributed by atoms with van der Waals surface area (Å²) in [7, 11) is 2.88. The van der Waals surface area contributed by atoms with Crippen LogP contribution in [0, 0.1) is 0 Å². The minimum atomic E-state index is -0.824. The van der Waals surface area contributed by atoms with Crippen molar-refractivity contribution in [2.75, 3.05) is 14.2 Å². The van der Waals surface area contributed by atoms with Crippen molar-refractivity contribution >= 4 is 23.7 Å². The Bertz CT molecular complexity index is 1180. The Morgan fingerprint density at radius 2 is 1.41 bits per heavy atom. The number of benzene rings is 3. The third kappa shape index (κ3) is 10.1. The van der Waals surface area contributed by atoms with Crippen molar-refractivity contribution in [3.05, 3.63) is 101 Å². The molecule has 208 valence electrons. The summed E-state index contributed by atoms with van der Waals surface area (Å²) in [5, 5.41) is 9.37. The van der Waals surface area contributed by atoms with Crippen LogP contribution in [-0.2, 0) is 34.5 Å². The molecule has 3 aromatic rings. The van der Waals surface area contributed by atoms with Crippen molar-refractivity contribution in [1.82, 2.24) is 0 Å². The zero-order valence-electron chi connectivity index (χ0n) is 23.1. The van der Waals surface area contributed by atoms with Gasteiger partial charge in [-0.2, -0.15) is 0 Å². The van der Waals surface area contributed by atoms with E-state index < -0.39 is 17.2 Å². The minimum Gasteiger partial charge on any atom is -0.496 e. The van der Waals surface area contributed by atoms with Gasteiger partial charge in [-0.05, 0) is 60.9 Å². The van der Waals surface area contributed by atoms with Crippen LogP contribution in [0.15, 0.2) is 72.8 Å². The van der Waals surface area contributed by atoms with E-state index in [9.17, 15) is 14.7 Å². The van der Waals surface area contributed by atoms with E-state index >= 15 is 0 Å². The van der Waals surface area contributed by atoms with Crippen LogP contribution >= 0.6 is 11.8 Å². The molecule has 1 N–H and O–H groups in total. The van der Waals surface area contributed by atoms with Gasteiger partial charge in [0.25, 0.3) is 0 Å². The molecule has 39 heavy (non-hydrogen) atoms. The molecule has 0 saturated heterocycles. The quantitative estimate of drug-likeness (QED) is 0.139. The maximum atomic E-state index is 12.1. The smallest absolute Gasteiger partial charge is 0.337 e. The number of carbonyl (C=O) groups excluding carboxylic acids is 1. The molecule has 0 aliphatic heterocycles. The van der Waals surface area contributed by atoms with Crippen LogP contribution in [0.1, 0.15) is 71.1 Å². The van der Waals surface area contributed by atoms with Crippen LogP contribution in [0.25, 0.3) is 0 Å². The van der Waals surface area contributed by atoms with Gasteiger partial charge in [-0.25, -0.2) is 4.79 Å². The summed E-state index contributed by atoms with van der Waals surface area (Å²) in [6.45, 7) is 0. The van der Waals surface area contributed by atoms with Crippen LogP contribution < -0.4 is 4.74 Å². The Balaban J connectivity index is 1.47. The fourth-order valence-corrected chi connectivity index (χ4v) is 5.77. The molecule has 0 saturated carbocycles. The first-order valence-electron chi connectivity index (χ1n) is 13.7. The van der Waals surface area contributed by atoms with Crippen molar-refractivity contribution < 1.29 is 24.2 Å². The Morgan fingerprint density at radius 1 is 0.769 bits per heavy atom. The molecule has 1 unspecified atom stereocenters. The Labute approximate surface area is 236 Å². The summed E-state index contributed by atoms with van der Waals surface area (Å²) in [6, 6.07) is 24.0. The summed E-state index contributed by atoms with van der Waals surface area (Å²) in [4.78, 5) is 24.0. The molecule has 6 heteroatoms. The van der Waals surface area contributed by atoms with Gasteiger partial charge in [0.05, 0.1) is 19.8 Å². The maximum Gasteiger partial charge on any atom is 0.337 e. The van der Waals surface area contributed by atoms with Crippen molar-refractivity contribution in [2.24, 2.45) is 0 Å². The number of aliphatic carboxylic acids is 1. The number of carboxylic acids is 1. The number of hydrogen-bond donors (Lipinski definition) is 1. The Kier molecular flexibility index (Phi) is 12.9. The van der Waals surface area contributed by atoms with Crippen LogP contribution in [0.3, 0.4) is 0 Å². The summed E-state index contributed by atoms with van der Waals surface area (Å²) < 4.78 is 10.2. The molecule has 3 aromatic carbocycles. The predicted octanol–water partition coefficient (Wildman–Crippen LogP) is 7.54. The topological polar surface area (TPSA) is 72.8 Å². The number of unbranched alkanes of at least 4 members (excludes halogenated alkanes) is 5. The molecule has 3 rings (SSSR count). The Hall–Kier alpha value is -3.25. The SMILES string of the molecule is COC(=O)c1ccc(CSC(Cc2ccccc2CCCCCCCCc2ccccc2)C(=O)O)c(OC)c1. The largest absolute Gasteiger partial charge is 0.496 e. The molecule has 0 spiro atoms. The van der Waals surface area contributed by atoms with Crippen LogP contribution in [0.4, 0.5) is 0 Å². The molecule has 5 nitrogen and oxygen atoms in total. The van der Waals surface area contributed by atoms with Crippen molar-refractivity contribution in [3.63, 3.8) is 0 Å². The van der Waals surface area contributed by atoms with E-state index in [1.54, 1.807) is 25.3 Å². The summed E-state index contributed by atoms with van der Waals surface area (Å²) in [6.07, 6.45) is 9.91. The normalized spacial score (nSPS) is 11.6. The van der Waals surface area contributed by atoms with E-state index in [2.05, 4.69) is 42.5 Å². The van der Waals surface area contributed by atoms with Crippen molar-refractivity contribution in [3.8, 4) is 5.75 Å². The minimum absolute atomic E-state index is 0.402. The maximum absolute atomic E-state index is 12.1. The summed E-state index contributed by atoms with van der Waals surface area (Å²) >= 11 is 1.38. The van der Waals surface area contributed by atoms with Gasteiger partial charge in [0.1, 0.15) is 11.0 Å². The van der Waals surface area contributed by atoms with Crippen molar-refractivity contribution in [2.45, 2.75) is 68.8 Å². The highest BCUT2D eigenvalue weighted by Gasteiger charge is 2.21. The number of hydrogen-bond acceptors (Lipinski definition) is 5. The molecule has 0 aliphatic rings. The van der Waals surface area contributed by atoms with Crippen molar-refractivity contribution in [1.29, 1.82) is 0 Å². The molecule has 0 heterocycles. The van der Waals surface area contributed by atoms with Gasteiger partial charge in [-0.3, -0.25) is 4.79 Å². The Morgan fingerprint density at radius 3 is 2.08 bits per heavy atom. The number of carboxylic acid groups (broad SMARTS) is 1. The van der Waals surface area contributed by atoms with Gasteiger partial charge in [0.2, 0.25) is 0 Å². The number of ether oxygens (including phenoxy) is 2. The lowest BCUT2D eigenvalue weighted by molar-refractivity contribution is -0.136. The van der Waals surface area contributed by atoms with Gasteiger partial charge in [0.15, 0.2) is 0 Å². The fraction of sp³-hybridized carbons (Fsp3) is 0.394. The van der Waals surface area contributed by atoms with Gasteiger partial charge in [0, 0.05) is 11.3 Å². The number of carbonyl (C=O) groups is 2. The second kappa shape index (κ2) is 16.7. The first-order valence-corrected chi connectivity index (χ1v) is 14.8. The highest BCUT2D eigenvalue weighted by molar-refractivity contribution is 7.99. The first kappa shape index (κ1) is 30.3. The molecular formula is C33H40O5S. The van der Waals surface area contributed by atoms with Gasteiger partial charge in [-0.15, -0.1) is 11.8 Å². The van der Waals surface area contributed by atoms with E-state index in [0.29, 0.717) is 23.5 Å². The van der Waals surface area contributed by atoms with Gasteiger partial charge < -0.3 is 14.6 Å². The molecule has 0 fully saturated rings. The lowest BCUT2D eigenvalue weighted by Gasteiger charge is -2.16. The van der Waals surface area contributed by atoms with E-state index in [1.807, 2.05) is 12.1 Å². The molecule has 0 bridgehead atoms.